The minimum atomic E-state index is 0.846. The van der Waals surface area contributed by atoms with E-state index in [1.165, 1.54) is 22.5 Å². The molecular weight excluding hydrogens is 372 g/mol. The van der Waals surface area contributed by atoms with Gasteiger partial charge in [-0.3, -0.25) is 4.90 Å². The Morgan fingerprint density at radius 1 is 1.14 bits per heavy atom. The fourth-order valence-corrected chi connectivity index (χ4v) is 4.67. The van der Waals surface area contributed by atoms with Gasteiger partial charge in [0.1, 0.15) is 11.6 Å². The first-order valence-corrected chi connectivity index (χ1v) is 11.3. The zero-order chi connectivity index (χ0) is 19.2. The number of aromatic nitrogens is 1. The van der Waals surface area contributed by atoms with Gasteiger partial charge in [0, 0.05) is 74.3 Å². The molecule has 0 spiro atoms. The highest BCUT2D eigenvalue weighted by molar-refractivity contribution is 7.99. The molecule has 0 atom stereocenters. The third-order valence-corrected chi connectivity index (χ3v) is 6.36. The third-order valence-electron chi connectivity index (χ3n) is 5.42. The van der Waals surface area contributed by atoms with Crippen molar-refractivity contribution >= 4 is 28.5 Å². The van der Waals surface area contributed by atoms with Crippen molar-refractivity contribution in [2.24, 2.45) is 0 Å². The van der Waals surface area contributed by atoms with Crippen molar-refractivity contribution in [2.75, 3.05) is 76.0 Å². The highest BCUT2D eigenvalue weighted by Crippen LogP contribution is 2.28. The minimum absolute atomic E-state index is 0.846. The predicted octanol–water partition coefficient (Wildman–Crippen LogP) is 2.22. The molecule has 6 nitrogen and oxygen atoms in total. The molecular formula is C21H30N4O2S. The Bertz CT molecular complexity index is 776. The Balaban J connectivity index is 1.49. The Morgan fingerprint density at radius 3 is 2.75 bits per heavy atom. The Labute approximate surface area is 171 Å². The van der Waals surface area contributed by atoms with Gasteiger partial charge in [0.2, 0.25) is 0 Å². The van der Waals surface area contributed by atoms with Gasteiger partial charge in [0.25, 0.3) is 0 Å². The number of hydrogen-bond donors (Lipinski definition) is 1. The summed E-state index contributed by atoms with van der Waals surface area (Å²) in [6, 6.07) is 8.44. The number of hydrogen-bond acceptors (Lipinski definition) is 7. The van der Waals surface area contributed by atoms with Gasteiger partial charge in [-0.15, -0.1) is 0 Å². The second kappa shape index (κ2) is 9.78. The zero-order valence-corrected chi connectivity index (χ0v) is 17.5. The third kappa shape index (κ3) is 4.89. The van der Waals surface area contributed by atoms with Crippen molar-refractivity contribution in [2.45, 2.75) is 6.54 Å². The summed E-state index contributed by atoms with van der Waals surface area (Å²) in [4.78, 5) is 9.95. The second-order valence-corrected chi connectivity index (χ2v) is 8.48. The summed E-state index contributed by atoms with van der Waals surface area (Å²) >= 11 is 2.03. The SMILES string of the molecule is COc1ccc2cc(CNCCN3CCOCC3)c(N3CCSCC3)nc2c1. The van der Waals surface area contributed by atoms with E-state index in [9.17, 15) is 0 Å². The van der Waals surface area contributed by atoms with E-state index in [1.807, 2.05) is 23.9 Å². The molecule has 1 aromatic heterocycles. The summed E-state index contributed by atoms with van der Waals surface area (Å²) in [6.45, 7) is 8.81. The van der Waals surface area contributed by atoms with Gasteiger partial charge < -0.3 is 19.7 Å². The Kier molecular flexibility index (Phi) is 6.90. The fraction of sp³-hybridized carbons (Fsp3) is 0.571. The molecule has 152 valence electrons. The first kappa shape index (κ1) is 19.8. The molecule has 2 saturated heterocycles. The van der Waals surface area contributed by atoms with E-state index in [1.54, 1.807) is 7.11 Å². The van der Waals surface area contributed by atoms with Crippen LogP contribution < -0.4 is 15.0 Å². The van der Waals surface area contributed by atoms with E-state index >= 15 is 0 Å². The van der Waals surface area contributed by atoms with Crippen LogP contribution in [0.5, 0.6) is 5.75 Å². The molecule has 1 N–H and O–H groups in total. The van der Waals surface area contributed by atoms with Crippen LogP contribution in [0.25, 0.3) is 10.9 Å². The molecule has 0 aliphatic carbocycles. The lowest BCUT2D eigenvalue weighted by Gasteiger charge is -2.30. The van der Waals surface area contributed by atoms with Gasteiger partial charge in [-0.2, -0.15) is 11.8 Å². The maximum Gasteiger partial charge on any atom is 0.133 e. The number of morpholine rings is 1. The van der Waals surface area contributed by atoms with Gasteiger partial charge in [-0.25, -0.2) is 4.98 Å². The summed E-state index contributed by atoms with van der Waals surface area (Å²) in [6.07, 6.45) is 0. The molecule has 0 saturated carbocycles. The molecule has 4 rings (SSSR count). The van der Waals surface area contributed by atoms with Gasteiger partial charge >= 0.3 is 0 Å². The van der Waals surface area contributed by atoms with Gasteiger partial charge in [0.15, 0.2) is 0 Å². The number of rotatable bonds is 7. The number of nitrogens with one attached hydrogen (secondary N) is 1. The summed E-state index contributed by atoms with van der Waals surface area (Å²) in [7, 11) is 1.71. The minimum Gasteiger partial charge on any atom is -0.497 e. The first-order valence-electron chi connectivity index (χ1n) is 10.1. The normalized spacial score (nSPS) is 18.5. The van der Waals surface area contributed by atoms with E-state index in [-0.39, 0.29) is 0 Å². The standard InChI is InChI=1S/C21H30N4O2S/c1-26-19-3-2-17-14-18(16-22-4-5-24-6-10-27-11-7-24)21(23-20(17)15-19)25-8-12-28-13-9-25/h2-3,14-15,22H,4-13,16H2,1H3. The number of anilines is 1. The van der Waals surface area contributed by atoms with Crippen LogP contribution in [0.1, 0.15) is 5.56 Å². The topological polar surface area (TPSA) is 49.9 Å². The van der Waals surface area contributed by atoms with Gasteiger partial charge in [-0.05, 0) is 18.2 Å². The molecule has 0 radical (unpaired) electrons. The zero-order valence-electron chi connectivity index (χ0n) is 16.7. The van der Waals surface area contributed by atoms with Crippen molar-refractivity contribution in [1.82, 2.24) is 15.2 Å². The van der Waals surface area contributed by atoms with Crippen molar-refractivity contribution in [3.05, 3.63) is 29.8 Å². The predicted molar refractivity (Wildman–Crippen MR) is 117 cm³/mol. The summed E-state index contributed by atoms with van der Waals surface area (Å²) in [5, 5.41) is 4.80. The molecule has 2 aromatic rings. The number of nitrogens with zero attached hydrogens (tertiary/aromatic N) is 3. The molecule has 3 heterocycles. The van der Waals surface area contributed by atoms with Crippen LogP contribution in [0.2, 0.25) is 0 Å². The molecule has 2 fully saturated rings. The van der Waals surface area contributed by atoms with Crippen LogP contribution in [-0.4, -0.2) is 81.0 Å². The van der Waals surface area contributed by atoms with E-state index in [0.29, 0.717) is 0 Å². The Hall–Kier alpha value is -1.54. The maximum absolute atomic E-state index is 5.43. The molecule has 1 aromatic carbocycles. The Morgan fingerprint density at radius 2 is 1.96 bits per heavy atom. The molecule has 0 amide bonds. The van der Waals surface area contributed by atoms with Crippen LogP contribution in [0.4, 0.5) is 5.82 Å². The van der Waals surface area contributed by atoms with E-state index in [0.717, 1.165) is 76.1 Å². The summed E-state index contributed by atoms with van der Waals surface area (Å²) < 4.78 is 10.8. The second-order valence-electron chi connectivity index (χ2n) is 7.26. The molecule has 0 unspecified atom stereocenters. The van der Waals surface area contributed by atoms with Crippen LogP contribution in [-0.2, 0) is 11.3 Å². The van der Waals surface area contributed by atoms with Crippen molar-refractivity contribution in [3.8, 4) is 5.75 Å². The van der Waals surface area contributed by atoms with Crippen LogP contribution >= 0.6 is 11.8 Å². The first-order chi connectivity index (χ1) is 13.8. The van der Waals surface area contributed by atoms with Gasteiger partial charge in [0.05, 0.1) is 25.8 Å². The van der Waals surface area contributed by atoms with E-state index < -0.39 is 0 Å². The molecule has 28 heavy (non-hydrogen) atoms. The smallest absolute Gasteiger partial charge is 0.133 e. The fourth-order valence-electron chi connectivity index (χ4n) is 3.77. The lowest BCUT2D eigenvalue weighted by molar-refractivity contribution is 0.0384. The van der Waals surface area contributed by atoms with Crippen molar-refractivity contribution in [1.29, 1.82) is 0 Å². The summed E-state index contributed by atoms with van der Waals surface area (Å²) in [5.41, 5.74) is 2.29. The average molecular weight is 403 g/mol. The van der Waals surface area contributed by atoms with Crippen LogP contribution in [0.15, 0.2) is 24.3 Å². The monoisotopic (exact) mass is 402 g/mol. The lowest BCUT2D eigenvalue weighted by atomic mass is 10.1. The number of fused-ring (bicyclic) bond motifs is 1. The van der Waals surface area contributed by atoms with Gasteiger partial charge in [-0.1, -0.05) is 0 Å². The molecule has 2 aliphatic heterocycles. The average Bonchev–Trinajstić information content (AvgIpc) is 2.77. The van der Waals surface area contributed by atoms with Crippen molar-refractivity contribution < 1.29 is 9.47 Å². The molecule has 0 bridgehead atoms. The quantitative estimate of drug-likeness (QED) is 0.713. The van der Waals surface area contributed by atoms with E-state index in [4.69, 9.17) is 14.5 Å². The highest BCUT2D eigenvalue weighted by atomic mass is 32.2. The van der Waals surface area contributed by atoms with E-state index in [2.05, 4.69) is 27.2 Å². The number of benzene rings is 1. The number of thioether (sulfide) groups is 1. The highest BCUT2D eigenvalue weighted by Gasteiger charge is 2.17. The van der Waals surface area contributed by atoms with Crippen LogP contribution in [0.3, 0.4) is 0 Å². The van der Waals surface area contributed by atoms with Crippen LogP contribution in [0, 0.1) is 0 Å². The molecule has 7 heteroatoms. The number of methoxy groups -OCH3 is 1. The lowest BCUT2D eigenvalue weighted by Crippen LogP contribution is -2.40. The largest absolute Gasteiger partial charge is 0.497 e. The van der Waals surface area contributed by atoms with Crippen molar-refractivity contribution in [3.63, 3.8) is 0 Å². The number of pyridine rings is 1. The maximum atomic E-state index is 5.43. The summed E-state index contributed by atoms with van der Waals surface area (Å²) in [5.74, 6) is 4.32. The number of ether oxygens (including phenoxy) is 2. The molecule has 2 aliphatic rings.